The van der Waals surface area contributed by atoms with Gasteiger partial charge in [-0.1, -0.05) is 0 Å². The molecule has 108 valence electrons. The van der Waals surface area contributed by atoms with Crippen molar-refractivity contribution in [2.45, 2.75) is 32.1 Å². The van der Waals surface area contributed by atoms with E-state index in [1.807, 2.05) is 12.3 Å². The predicted molar refractivity (Wildman–Crippen MR) is 74.8 cm³/mol. The summed E-state index contributed by atoms with van der Waals surface area (Å²) in [6.07, 6.45) is 6.19. The average molecular weight is 277 g/mol. The molecule has 6 heteroatoms. The number of urea groups is 1. The maximum absolute atomic E-state index is 11.9. The van der Waals surface area contributed by atoms with E-state index in [0.717, 1.165) is 12.8 Å². The second-order valence-corrected chi connectivity index (χ2v) is 5.04. The van der Waals surface area contributed by atoms with Crippen LogP contribution in [0.25, 0.3) is 0 Å². The molecule has 6 nitrogen and oxygen atoms in total. The van der Waals surface area contributed by atoms with Crippen LogP contribution in [0.4, 0.5) is 10.6 Å². The molecule has 1 aliphatic rings. The molecule has 0 fully saturated rings. The number of carboxylic acid groups (broad SMARTS) is 1. The number of carboxylic acids is 1. The Morgan fingerprint density at radius 3 is 2.75 bits per heavy atom. The number of anilines is 1. The van der Waals surface area contributed by atoms with Crippen LogP contribution in [0, 0.1) is 0 Å². The van der Waals surface area contributed by atoms with E-state index in [0.29, 0.717) is 5.82 Å². The number of aromatic nitrogens is 1. The van der Waals surface area contributed by atoms with Crippen LogP contribution >= 0.6 is 0 Å². The standard InChI is InChI=1S/C14H19N3O3/c1-17(7-6-13(18)19)14(20)16-12-8-10-4-2-3-5-11(10)9-15-12/h8-9H,2-7H2,1H3,(H,18,19)(H,15,16,20). The van der Waals surface area contributed by atoms with Crippen molar-refractivity contribution in [2.75, 3.05) is 18.9 Å². The van der Waals surface area contributed by atoms with Gasteiger partial charge in [-0.05, 0) is 42.9 Å². The highest BCUT2D eigenvalue weighted by Crippen LogP contribution is 2.22. The van der Waals surface area contributed by atoms with Gasteiger partial charge >= 0.3 is 12.0 Å². The SMILES string of the molecule is CN(CCC(=O)O)C(=O)Nc1cc2c(cn1)CCCC2. The van der Waals surface area contributed by atoms with Gasteiger partial charge in [-0.25, -0.2) is 9.78 Å². The maximum Gasteiger partial charge on any atom is 0.322 e. The number of aliphatic carboxylic acids is 1. The van der Waals surface area contributed by atoms with Gasteiger partial charge in [0.2, 0.25) is 0 Å². The Morgan fingerprint density at radius 1 is 1.35 bits per heavy atom. The van der Waals surface area contributed by atoms with Crippen molar-refractivity contribution in [3.05, 3.63) is 23.4 Å². The molecule has 0 aromatic carbocycles. The molecule has 0 atom stereocenters. The van der Waals surface area contributed by atoms with Gasteiger partial charge < -0.3 is 10.0 Å². The van der Waals surface area contributed by atoms with Gasteiger partial charge in [-0.3, -0.25) is 10.1 Å². The van der Waals surface area contributed by atoms with Crippen molar-refractivity contribution in [2.24, 2.45) is 0 Å². The molecule has 0 saturated heterocycles. The summed E-state index contributed by atoms with van der Waals surface area (Å²) in [5.74, 6) is -0.394. The molecule has 0 spiro atoms. The predicted octanol–water partition coefficient (Wildman–Crippen LogP) is 1.90. The summed E-state index contributed by atoms with van der Waals surface area (Å²) < 4.78 is 0. The topological polar surface area (TPSA) is 82.5 Å². The van der Waals surface area contributed by atoms with Crippen LogP contribution in [0.1, 0.15) is 30.4 Å². The lowest BCUT2D eigenvalue weighted by Gasteiger charge is -2.19. The Hall–Kier alpha value is -2.11. The van der Waals surface area contributed by atoms with Crippen LogP contribution in [-0.4, -0.2) is 40.6 Å². The minimum Gasteiger partial charge on any atom is -0.481 e. The van der Waals surface area contributed by atoms with E-state index in [4.69, 9.17) is 5.11 Å². The molecular weight excluding hydrogens is 258 g/mol. The molecule has 0 radical (unpaired) electrons. The molecule has 2 N–H and O–H groups in total. The number of carbonyl (C=O) groups is 2. The zero-order chi connectivity index (χ0) is 14.5. The lowest BCUT2D eigenvalue weighted by atomic mass is 9.93. The van der Waals surface area contributed by atoms with Crippen molar-refractivity contribution in [1.82, 2.24) is 9.88 Å². The van der Waals surface area contributed by atoms with Gasteiger partial charge in [0.15, 0.2) is 0 Å². The minimum atomic E-state index is -0.920. The molecule has 0 bridgehead atoms. The third-order valence-electron chi connectivity index (χ3n) is 3.47. The second kappa shape index (κ2) is 6.36. The van der Waals surface area contributed by atoms with Crippen LogP contribution in [-0.2, 0) is 17.6 Å². The highest BCUT2D eigenvalue weighted by molar-refractivity contribution is 5.88. The van der Waals surface area contributed by atoms with Gasteiger partial charge in [0.1, 0.15) is 5.82 Å². The normalized spacial score (nSPS) is 13.4. The largest absolute Gasteiger partial charge is 0.481 e. The van der Waals surface area contributed by atoms with E-state index in [2.05, 4.69) is 10.3 Å². The number of aryl methyl sites for hydroxylation is 2. The minimum absolute atomic E-state index is 0.0679. The highest BCUT2D eigenvalue weighted by Gasteiger charge is 2.14. The van der Waals surface area contributed by atoms with E-state index in [9.17, 15) is 9.59 Å². The maximum atomic E-state index is 11.9. The van der Waals surface area contributed by atoms with Crippen LogP contribution in [0.2, 0.25) is 0 Å². The third-order valence-corrected chi connectivity index (χ3v) is 3.47. The first kappa shape index (κ1) is 14.3. The lowest BCUT2D eigenvalue weighted by Crippen LogP contribution is -2.33. The first-order valence-corrected chi connectivity index (χ1v) is 6.78. The van der Waals surface area contributed by atoms with E-state index in [1.54, 1.807) is 7.05 Å². The summed E-state index contributed by atoms with van der Waals surface area (Å²) in [5, 5.41) is 11.3. The van der Waals surface area contributed by atoms with Crippen molar-refractivity contribution < 1.29 is 14.7 Å². The fourth-order valence-electron chi connectivity index (χ4n) is 2.25. The molecule has 1 heterocycles. The Labute approximate surface area is 117 Å². The third kappa shape index (κ3) is 3.69. The Balaban J connectivity index is 1.95. The number of nitrogens with zero attached hydrogens (tertiary/aromatic N) is 2. The average Bonchev–Trinajstić information content (AvgIpc) is 2.44. The van der Waals surface area contributed by atoms with Gasteiger partial charge in [-0.15, -0.1) is 0 Å². The molecule has 2 rings (SSSR count). The van der Waals surface area contributed by atoms with Crippen LogP contribution < -0.4 is 5.32 Å². The van der Waals surface area contributed by atoms with Crippen molar-refractivity contribution in [3.8, 4) is 0 Å². The summed E-state index contributed by atoms with van der Waals surface area (Å²) in [4.78, 5) is 27.9. The van der Waals surface area contributed by atoms with Gasteiger partial charge in [-0.2, -0.15) is 0 Å². The second-order valence-electron chi connectivity index (χ2n) is 5.04. The van der Waals surface area contributed by atoms with Crippen LogP contribution in [0.5, 0.6) is 0 Å². The zero-order valence-electron chi connectivity index (χ0n) is 11.6. The molecule has 0 saturated carbocycles. The number of amides is 2. The summed E-state index contributed by atoms with van der Waals surface area (Å²) in [5.41, 5.74) is 2.50. The summed E-state index contributed by atoms with van der Waals surface area (Å²) in [6, 6.07) is 1.58. The fraction of sp³-hybridized carbons (Fsp3) is 0.500. The Bertz CT molecular complexity index is 516. The summed E-state index contributed by atoms with van der Waals surface area (Å²) in [7, 11) is 1.57. The van der Waals surface area contributed by atoms with E-state index < -0.39 is 5.97 Å². The molecule has 20 heavy (non-hydrogen) atoms. The van der Waals surface area contributed by atoms with Gasteiger partial charge in [0.05, 0.1) is 6.42 Å². The molecule has 2 amide bonds. The smallest absolute Gasteiger partial charge is 0.322 e. The molecular formula is C14H19N3O3. The first-order valence-electron chi connectivity index (χ1n) is 6.78. The lowest BCUT2D eigenvalue weighted by molar-refractivity contribution is -0.137. The van der Waals surface area contributed by atoms with Crippen molar-refractivity contribution in [1.29, 1.82) is 0 Å². The number of pyridine rings is 1. The highest BCUT2D eigenvalue weighted by atomic mass is 16.4. The first-order chi connectivity index (χ1) is 9.56. The number of hydrogen-bond acceptors (Lipinski definition) is 3. The number of rotatable bonds is 4. The van der Waals surface area contributed by atoms with Crippen molar-refractivity contribution in [3.63, 3.8) is 0 Å². The Morgan fingerprint density at radius 2 is 2.05 bits per heavy atom. The molecule has 1 aromatic heterocycles. The molecule has 1 aliphatic carbocycles. The van der Waals surface area contributed by atoms with Crippen LogP contribution in [0.15, 0.2) is 12.3 Å². The van der Waals surface area contributed by atoms with Gasteiger partial charge in [0, 0.05) is 19.8 Å². The fourth-order valence-corrected chi connectivity index (χ4v) is 2.25. The van der Waals surface area contributed by atoms with Crippen LogP contribution in [0.3, 0.4) is 0 Å². The number of nitrogens with one attached hydrogen (secondary N) is 1. The van der Waals surface area contributed by atoms with E-state index >= 15 is 0 Å². The molecule has 0 unspecified atom stereocenters. The van der Waals surface area contributed by atoms with Crippen molar-refractivity contribution >= 4 is 17.8 Å². The molecule has 1 aromatic rings. The van der Waals surface area contributed by atoms with E-state index in [-0.39, 0.29) is 19.0 Å². The quantitative estimate of drug-likeness (QED) is 0.880. The summed E-state index contributed by atoms with van der Waals surface area (Å²) >= 11 is 0. The number of carbonyl (C=O) groups excluding carboxylic acids is 1. The zero-order valence-corrected chi connectivity index (χ0v) is 11.6. The Kier molecular flexibility index (Phi) is 4.55. The van der Waals surface area contributed by atoms with E-state index in [1.165, 1.54) is 28.9 Å². The number of hydrogen-bond donors (Lipinski definition) is 2. The van der Waals surface area contributed by atoms with Gasteiger partial charge in [0.25, 0.3) is 0 Å². The molecule has 0 aliphatic heterocycles. The monoisotopic (exact) mass is 277 g/mol. The number of fused-ring (bicyclic) bond motifs is 1. The summed E-state index contributed by atoms with van der Waals surface area (Å²) in [6.45, 7) is 0.173.